The van der Waals surface area contributed by atoms with Crippen LogP contribution in [0.2, 0.25) is 0 Å². The SMILES string of the molecule is C[N-][C](=[Ba])[N-]C.[Rb+].[Rb+]. The first-order valence-corrected chi connectivity index (χ1v) is 3.92. The van der Waals surface area contributed by atoms with Gasteiger partial charge in [-0.25, -0.2) is 0 Å². The van der Waals surface area contributed by atoms with E-state index in [2.05, 4.69) is 10.6 Å². The quantitative estimate of drug-likeness (QED) is 0.429. The van der Waals surface area contributed by atoms with Crippen molar-refractivity contribution >= 4 is 46.2 Å². The van der Waals surface area contributed by atoms with Gasteiger partial charge in [0.1, 0.15) is 0 Å². The maximum absolute atomic E-state index is 3.84. The molecule has 0 aromatic carbocycles. The van der Waals surface area contributed by atoms with Gasteiger partial charge in [-0.2, -0.15) is 0 Å². The van der Waals surface area contributed by atoms with Crippen LogP contribution in [-0.2, 0) is 0 Å². The Morgan fingerprint density at radius 1 is 1.12 bits per heavy atom. The van der Waals surface area contributed by atoms with Crippen LogP contribution in [0.3, 0.4) is 0 Å². The Labute approximate surface area is 180 Å². The van der Waals surface area contributed by atoms with E-state index in [4.69, 9.17) is 0 Å². The summed E-state index contributed by atoms with van der Waals surface area (Å²) in [4.78, 5) is 0. The summed E-state index contributed by atoms with van der Waals surface area (Å²) in [5, 5.41) is 7.69. The van der Waals surface area contributed by atoms with Gasteiger partial charge < -0.3 is 0 Å². The predicted octanol–water partition coefficient (Wildman–Crippen LogP) is -5.74. The van der Waals surface area contributed by atoms with Gasteiger partial charge in [0.25, 0.3) is 0 Å². The van der Waals surface area contributed by atoms with E-state index in [1.165, 1.54) is 0 Å². The Morgan fingerprint density at radius 2 is 1.38 bits per heavy atom. The summed E-state index contributed by atoms with van der Waals surface area (Å²) in [7, 11) is 3.55. The molecule has 0 aliphatic carbocycles. The summed E-state index contributed by atoms with van der Waals surface area (Å²) in [6.07, 6.45) is 0. The molecule has 5 heteroatoms. The molecule has 0 spiro atoms. The molecule has 0 saturated carbocycles. The molecule has 0 N–H and O–H groups in total. The molecule has 8 heavy (non-hydrogen) atoms. The van der Waals surface area contributed by atoms with Gasteiger partial charge in [0.15, 0.2) is 0 Å². The van der Waals surface area contributed by atoms with Crippen LogP contribution in [0.25, 0.3) is 10.6 Å². The first-order chi connectivity index (χ1) is 2.81. The summed E-state index contributed by atoms with van der Waals surface area (Å²) in [6, 6.07) is 0. The summed E-state index contributed by atoms with van der Waals surface area (Å²) in [6.45, 7) is 0. The van der Waals surface area contributed by atoms with E-state index in [9.17, 15) is 0 Å². The van der Waals surface area contributed by atoms with E-state index in [1.807, 2.05) is 0 Å². The van der Waals surface area contributed by atoms with Gasteiger partial charge in [-0.05, 0) is 0 Å². The molecule has 0 heterocycles. The third-order valence-electron chi connectivity index (χ3n) is 0.516. The van der Waals surface area contributed by atoms with Crippen LogP contribution in [0.1, 0.15) is 0 Å². The molecular weight excluding hydrogens is 372 g/mol. The van der Waals surface area contributed by atoms with E-state index in [1.54, 1.807) is 14.1 Å². The van der Waals surface area contributed by atoms with Gasteiger partial charge >= 0.3 is 187 Å². The molecule has 0 rings (SSSR count). The predicted molar refractivity (Wildman–Crippen MR) is 29.3 cm³/mol. The standard InChI is InChI=1S/C3H6N2.Ba.2Rb/c1-4-3-5-2;;;/h1-2H3;;;/q-2;;2*+1. The molecule has 0 bridgehead atoms. The Bertz CT molecular complexity index is 53.2. The van der Waals surface area contributed by atoms with Crippen LogP contribution < -0.4 is 116 Å². The van der Waals surface area contributed by atoms with Crippen LogP contribution in [0.5, 0.6) is 0 Å². The molecule has 0 amide bonds. The summed E-state index contributed by atoms with van der Waals surface area (Å²) in [5.74, 6) is 0. The van der Waals surface area contributed by atoms with Gasteiger partial charge in [0, 0.05) is 0 Å². The van der Waals surface area contributed by atoms with E-state index >= 15 is 0 Å². The van der Waals surface area contributed by atoms with Crippen molar-refractivity contribution in [1.29, 1.82) is 0 Å². The maximum Gasteiger partial charge on any atom is 1.00 e. The van der Waals surface area contributed by atoms with Crippen LogP contribution in [0.15, 0.2) is 0 Å². The third-order valence-corrected chi connectivity index (χ3v) is 2.50. The van der Waals surface area contributed by atoms with Crippen molar-refractivity contribution in [1.82, 2.24) is 0 Å². The molecule has 0 aliphatic heterocycles. The minimum Gasteiger partial charge on any atom is 1.00 e. The second-order valence-electron chi connectivity index (χ2n) is 0.863. The molecule has 2 nitrogen and oxygen atoms in total. The zero-order valence-corrected chi connectivity index (χ0v) is 20.4. The Morgan fingerprint density at radius 3 is 1.38 bits per heavy atom. The summed E-state index contributed by atoms with van der Waals surface area (Å²) in [5.41, 5.74) is 0. The normalized spacial score (nSPS) is 5.50. The second-order valence-corrected chi connectivity index (χ2v) is 2.85. The zero-order chi connectivity index (χ0) is 4.99. The van der Waals surface area contributed by atoms with Crippen LogP contribution >= 0.6 is 0 Å². The number of hydrogen-bond donors (Lipinski definition) is 0. The van der Waals surface area contributed by atoms with Crippen molar-refractivity contribution in [2.24, 2.45) is 0 Å². The van der Waals surface area contributed by atoms with Gasteiger partial charge in [0.2, 0.25) is 0 Å². The number of hydrogen-bond acceptors (Lipinski definition) is 0. The zero-order valence-electron chi connectivity index (χ0n) is 6.10. The van der Waals surface area contributed by atoms with E-state index in [-0.39, 0.29) is 116 Å². The summed E-state index contributed by atoms with van der Waals surface area (Å²) >= 11 is 0.619. The van der Waals surface area contributed by atoms with Crippen molar-refractivity contribution < 1.29 is 116 Å². The molecule has 0 radical (unpaired) electrons. The first-order valence-electron chi connectivity index (χ1n) is 1.70. The fourth-order valence-electron chi connectivity index (χ4n) is 0.100. The van der Waals surface area contributed by atoms with Crippen molar-refractivity contribution in [2.45, 2.75) is 0 Å². The van der Waals surface area contributed by atoms with E-state index in [0.717, 1.165) is 0.191 Å². The molecular formula is C3H6BaN2Rb2. The van der Waals surface area contributed by atoms with Gasteiger partial charge in [-0.15, -0.1) is 0 Å². The largest absolute Gasteiger partial charge is 1.00 e. The van der Waals surface area contributed by atoms with Crippen molar-refractivity contribution in [2.75, 3.05) is 14.1 Å². The molecule has 0 aromatic heterocycles. The number of nitrogens with zero attached hydrogens (tertiary/aromatic N) is 2. The molecule has 32 valence electrons. The molecule has 0 aromatic rings. The van der Waals surface area contributed by atoms with Crippen LogP contribution in [-0.4, -0.2) is 60.3 Å². The van der Waals surface area contributed by atoms with Crippen molar-refractivity contribution in [3.63, 3.8) is 0 Å². The third kappa shape index (κ3) is 13.3. The fourth-order valence-corrected chi connectivity index (χ4v) is 0.100. The van der Waals surface area contributed by atoms with E-state index in [0.29, 0.717) is 46.0 Å². The van der Waals surface area contributed by atoms with Gasteiger partial charge in [-0.3, -0.25) is 0 Å². The Balaban J connectivity index is -0.000000125. The fraction of sp³-hybridized carbons (Fsp3) is 0.667. The number of rotatable bonds is 2. The average molecular weight is 378 g/mol. The Hall–Kier alpha value is 4.65. The molecule has 0 saturated heterocycles. The molecule has 0 aliphatic rings. The average Bonchev–Trinajstić information content (AvgIpc) is 1.65. The smallest absolute Gasteiger partial charge is 1.00 e. The van der Waals surface area contributed by atoms with Crippen molar-refractivity contribution in [3.05, 3.63) is 10.6 Å². The van der Waals surface area contributed by atoms with Crippen molar-refractivity contribution in [3.8, 4) is 0 Å². The molecule has 0 unspecified atom stereocenters. The van der Waals surface area contributed by atoms with Crippen LogP contribution in [0, 0.1) is 0 Å². The Kier molecular flexibility index (Phi) is 32.7. The van der Waals surface area contributed by atoms with Crippen LogP contribution in [0.4, 0.5) is 0 Å². The molecule has 0 fully saturated rings. The van der Waals surface area contributed by atoms with E-state index < -0.39 is 0 Å². The topological polar surface area (TPSA) is 28.2 Å². The second kappa shape index (κ2) is 14.2. The maximum atomic E-state index is 3.84. The molecule has 0 atom stereocenters. The minimum atomic E-state index is 0. The monoisotopic (exact) mass is 378 g/mol. The first kappa shape index (κ1) is 18.4. The summed E-state index contributed by atoms with van der Waals surface area (Å²) < 4.78 is 1.04. The van der Waals surface area contributed by atoms with Gasteiger partial charge in [0.05, 0.1) is 0 Å². The minimum absolute atomic E-state index is 0. The van der Waals surface area contributed by atoms with Gasteiger partial charge in [-0.1, -0.05) is 0 Å².